The summed E-state index contributed by atoms with van der Waals surface area (Å²) in [5.74, 6) is -0.463. The summed E-state index contributed by atoms with van der Waals surface area (Å²) in [6, 6.07) is 16.3. The topological polar surface area (TPSA) is 63.1 Å². The second-order valence-electron chi connectivity index (χ2n) is 4.66. The van der Waals surface area contributed by atoms with Crippen LogP contribution in [0.4, 0.5) is 0 Å². The van der Waals surface area contributed by atoms with Gasteiger partial charge in [-0.3, -0.25) is 0 Å². The highest BCUT2D eigenvalue weighted by Gasteiger charge is 2.08. The molecule has 0 radical (unpaired) electrons. The first-order valence-electron chi connectivity index (χ1n) is 6.56. The number of aromatic carboxylic acids is 1. The van der Waals surface area contributed by atoms with Gasteiger partial charge in [0.1, 0.15) is 0 Å². The molecule has 3 aromatic rings. The number of nitrogens with zero attached hydrogens (tertiary/aromatic N) is 2. The first-order valence-corrected chi connectivity index (χ1v) is 7.35. The third kappa shape index (κ3) is 3.04. The van der Waals surface area contributed by atoms with Gasteiger partial charge in [-0.2, -0.15) is 0 Å². The lowest BCUT2D eigenvalue weighted by atomic mass is 10.1. The van der Waals surface area contributed by atoms with Crippen molar-refractivity contribution >= 4 is 21.9 Å². The molecule has 0 saturated carbocycles. The second kappa shape index (κ2) is 6.07. The number of benzene rings is 2. The Morgan fingerprint density at radius 3 is 2.50 bits per heavy atom. The number of carboxylic acid groups (broad SMARTS) is 1. The van der Waals surface area contributed by atoms with E-state index in [1.54, 1.807) is 30.5 Å². The van der Waals surface area contributed by atoms with Crippen LogP contribution in [0.2, 0.25) is 0 Å². The van der Waals surface area contributed by atoms with Gasteiger partial charge < -0.3 is 5.11 Å². The molecule has 5 heteroatoms. The minimum absolute atomic E-state index is 0.218. The van der Waals surface area contributed by atoms with E-state index in [1.165, 1.54) is 0 Å². The van der Waals surface area contributed by atoms with Crippen molar-refractivity contribution in [3.63, 3.8) is 0 Å². The van der Waals surface area contributed by atoms with E-state index in [0.717, 1.165) is 15.7 Å². The zero-order valence-corrected chi connectivity index (χ0v) is 13.0. The molecule has 0 aliphatic carbocycles. The van der Waals surface area contributed by atoms with Gasteiger partial charge in [0.2, 0.25) is 0 Å². The van der Waals surface area contributed by atoms with Crippen molar-refractivity contribution in [2.45, 2.75) is 0 Å². The summed E-state index contributed by atoms with van der Waals surface area (Å²) < 4.78 is 1.000. The van der Waals surface area contributed by atoms with Crippen LogP contribution in [-0.2, 0) is 0 Å². The lowest BCUT2D eigenvalue weighted by molar-refractivity contribution is 0.0697. The number of hydrogen-bond donors (Lipinski definition) is 1. The number of carboxylic acids is 1. The molecule has 0 unspecified atom stereocenters. The highest BCUT2D eigenvalue weighted by molar-refractivity contribution is 9.10. The Kier molecular flexibility index (Phi) is 3.98. The maximum absolute atomic E-state index is 11.1. The fourth-order valence-corrected chi connectivity index (χ4v) is 2.33. The van der Waals surface area contributed by atoms with Gasteiger partial charge >= 0.3 is 5.97 Å². The minimum Gasteiger partial charge on any atom is -0.478 e. The minimum atomic E-state index is -0.967. The zero-order valence-electron chi connectivity index (χ0n) is 11.4. The van der Waals surface area contributed by atoms with E-state index in [1.807, 2.05) is 30.3 Å². The van der Waals surface area contributed by atoms with Crippen LogP contribution in [0.1, 0.15) is 10.4 Å². The van der Waals surface area contributed by atoms with Crippen LogP contribution in [0.25, 0.3) is 22.6 Å². The molecule has 1 heterocycles. The molecule has 22 heavy (non-hydrogen) atoms. The van der Waals surface area contributed by atoms with E-state index in [4.69, 9.17) is 5.11 Å². The van der Waals surface area contributed by atoms with E-state index < -0.39 is 5.97 Å². The van der Waals surface area contributed by atoms with Crippen molar-refractivity contribution < 1.29 is 9.90 Å². The molecule has 2 aromatic carbocycles. The van der Waals surface area contributed by atoms with E-state index >= 15 is 0 Å². The van der Waals surface area contributed by atoms with Gasteiger partial charge in [0, 0.05) is 21.8 Å². The van der Waals surface area contributed by atoms with Crippen molar-refractivity contribution in [3.05, 3.63) is 70.8 Å². The molecular formula is C17H11BrN2O2. The van der Waals surface area contributed by atoms with Gasteiger partial charge in [-0.15, -0.1) is 0 Å². The monoisotopic (exact) mass is 354 g/mol. The largest absolute Gasteiger partial charge is 0.478 e. The molecule has 108 valence electrons. The summed E-state index contributed by atoms with van der Waals surface area (Å²) in [6.07, 6.45) is 1.67. The first-order chi connectivity index (χ1) is 10.6. The predicted octanol–water partition coefficient (Wildman–Crippen LogP) is 4.27. The molecule has 0 aliphatic rings. The molecule has 0 saturated heterocycles. The summed E-state index contributed by atoms with van der Waals surface area (Å²) in [7, 11) is 0. The molecular weight excluding hydrogens is 344 g/mol. The molecule has 3 rings (SSSR count). The molecule has 0 amide bonds. The molecule has 0 fully saturated rings. The maximum atomic E-state index is 11.1. The fraction of sp³-hybridized carbons (Fsp3) is 0. The van der Waals surface area contributed by atoms with Crippen LogP contribution >= 0.6 is 15.9 Å². The Labute approximate surface area is 135 Å². The Bertz CT molecular complexity index is 832. The summed E-state index contributed by atoms with van der Waals surface area (Å²) in [6.45, 7) is 0. The highest BCUT2D eigenvalue weighted by Crippen LogP contribution is 2.23. The smallest absolute Gasteiger partial charge is 0.335 e. The van der Waals surface area contributed by atoms with E-state index in [0.29, 0.717) is 11.4 Å². The molecule has 0 bridgehead atoms. The van der Waals surface area contributed by atoms with Gasteiger partial charge in [0.05, 0.1) is 11.3 Å². The van der Waals surface area contributed by atoms with Gasteiger partial charge in [-0.1, -0.05) is 40.2 Å². The number of carbonyl (C=O) groups is 1. The normalized spacial score (nSPS) is 10.4. The van der Waals surface area contributed by atoms with E-state index in [-0.39, 0.29) is 5.56 Å². The second-order valence-corrected chi connectivity index (χ2v) is 5.57. The van der Waals surface area contributed by atoms with Crippen LogP contribution in [0.3, 0.4) is 0 Å². The van der Waals surface area contributed by atoms with Gasteiger partial charge in [-0.05, 0) is 30.3 Å². The SMILES string of the molecule is O=C(O)c1cccc(-c2nccc(-c3ccc(Br)cc3)n2)c1. The molecule has 0 spiro atoms. The summed E-state index contributed by atoms with van der Waals surface area (Å²) in [5.41, 5.74) is 2.66. The molecule has 1 aromatic heterocycles. The fourth-order valence-electron chi connectivity index (χ4n) is 2.07. The van der Waals surface area contributed by atoms with Gasteiger partial charge in [0.15, 0.2) is 5.82 Å². The molecule has 4 nitrogen and oxygen atoms in total. The highest BCUT2D eigenvalue weighted by atomic mass is 79.9. The van der Waals surface area contributed by atoms with Crippen molar-refractivity contribution in [1.29, 1.82) is 0 Å². The Balaban J connectivity index is 2.02. The average molecular weight is 355 g/mol. The van der Waals surface area contributed by atoms with Gasteiger partial charge in [0.25, 0.3) is 0 Å². The quantitative estimate of drug-likeness (QED) is 0.762. The van der Waals surface area contributed by atoms with Crippen LogP contribution in [0.15, 0.2) is 65.3 Å². The number of rotatable bonds is 3. The third-order valence-electron chi connectivity index (χ3n) is 3.16. The van der Waals surface area contributed by atoms with Crippen LogP contribution in [-0.4, -0.2) is 21.0 Å². The van der Waals surface area contributed by atoms with Crippen LogP contribution in [0.5, 0.6) is 0 Å². The van der Waals surface area contributed by atoms with Crippen LogP contribution in [0, 0.1) is 0 Å². The standard InChI is InChI=1S/C17H11BrN2O2/c18-14-6-4-11(5-7-14)15-8-9-19-16(20-15)12-2-1-3-13(10-12)17(21)22/h1-10H,(H,21,22). The van der Waals surface area contributed by atoms with Crippen molar-refractivity contribution in [2.24, 2.45) is 0 Å². The Hall–Kier alpha value is -2.53. The summed E-state index contributed by atoms with van der Waals surface area (Å²) >= 11 is 3.40. The predicted molar refractivity (Wildman–Crippen MR) is 87.6 cm³/mol. The average Bonchev–Trinajstić information content (AvgIpc) is 2.56. The lowest BCUT2D eigenvalue weighted by Gasteiger charge is -2.05. The molecule has 0 atom stereocenters. The Morgan fingerprint density at radius 1 is 1.00 bits per heavy atom. The lowest BCUT2D eigenvalue weighted by Crippen LogP contribution is -1.97. The third-order valence-corrected chi connectivity index (χ3v) is 3.69. The van der Waals surface area contributed by atoms with Crippen LogP contribution < -0.4 is 0 Å². The van der Waals surface area contributed by atoms with Crippen molar-refractivity contribution in [2.75, 3.05) is 0 Å². The number of hydrogen-bond acceptors (Lipinski definition) is 3. The Morgan fingerprint density at radius 2 is 1.77 bits per heavy atom. The number of aromatic nitrogens is 2. The summed E-state index contributed by atoms with van der Waals surface area (Å²) in [5, 5.41) is 9.07. The maximum Gasteiger partial charge on any atom is 0.335 e. The summed E-state index contributed by atoms with van der Waals surface area (Å²) in [4.78, 5) is 19.8. The van der Waals surface area contributed by atoms with Crippen molar-refractivity contribution in [3.8, 4) is 22.6 Å². The van der Waals surface area contributed by atoms with Gasteiger partial charge in [-0.25, -0.2) is 14.8 Å². The van der Waals surface area contributed by atoms with Crippen molar-refractivity contribution in [1.82, 2.24) is 9.97 Å². The molecule has 1 N–H and O–H groups in total. The molecule has 0 aliphatic heterocycles. The first kappa shape index (κ1) is 14.4. The van der Waals surface area contributed by atoms with E-state index in [2.05, 4.69) is 25.9 Å². The van der Waals surface area contributed by atoms with E-state index in [9.17, 15) is 4.79 Å². The number of halogens is 1. The zero-order chi connectivity index (χ0) is 15.5.